The molecule has 0 radical (unpaired) electrons. The molecule has 1 unspecified atom stereocenters. The third-order valence-electron chi connectivity index (χ3n) is 4.20. The number of carbonyl (C=O) groups excluding carboxylic acids is 3. The van der Waals surface area contributed by atoms with Gasteiger partial charge in [-0.1, -0.05) is 35.3 Å². The summed E-state index contributed by atoms with van der Waals surface area (Å²) in [6.45, 7) is 1.03. The Balaban J connectivity index is 1.75. The zero-order chi connectivity index (χ0) is 19.8. The zero-order valence-electron chi connectivity index (χ0n) is 14.1. The summed E-state index contributed by atoms with van der Waals surface area (Å²) in [6, 6.07) is 9.23. The molecule has 27 heavy (non-hydrogen) atoms. The lowest BCUT2D eigenvalue weighted by Gasteiger charge is -2.22. The van der Waals surface area contributed by atoms with Crippen LogP contribution >= 0.6 is 23.2 Å². The van der Waals surface area contributed by atoms with Gasteiger partial charge in [0.05, 0.1) is 10.7 Å². The second-order valence-corrected chi connectivity index (χ2v) is 6.97. The minimum absolute atomic E-state index is 0.00607. The Labute approximate surface area is 164 Å². The van der Waals surface area contributed by atoms with E-state index in [1.165, 1.54) is 6.07 Å². The topological polar surface area (TPSA) is 78.5 Å². The summed E-state index contributed by atoms with van der Waals surface area (Å²) < 4.78 is 13.1. The van der Waals surface area contributed by atoms with E-state index in [0.717, 1.165) is 17.0 Å². The van der Waals surface area contributed by atoms with Gasteiger partial charge >= 0.3 is 6.03 Å². The predicted molar refractivity (Wildman–Crippen MR) is 99.1 cm³/mol. The number of anilines is 1. The highest BCUT2D eigenvalue weighted by Gasteiger charge is 2.49. The second kappa shape index (κ2) is 7.17. The molecule has 1 heterocycles. The van der Waals surface area contributed by atoms with Crippen LogP contribution in [-0.2, 0) is 15.1 Å². The number of halogens is 3. The van der Waals surface area contributed by atoms with Crippen LogP contribution in [-0.4, -0.2) is 29.3 Å². The van der Waals surface area contributed by atoms with Gasteiger partial charge < -0.3 is 10.6 Å². The number of benzene rings is 2. The molecule has 2 N–H and O–H groups in total. The van der Waals surface area contributed by atoms with Gasteiger partial charge in [-0.05, 0) is 42.8 Å². The maximum atomic E-state index is 13.1. The molecule has 4 amide bonds. The monoisotopic (exact) mass is 409 g/mol. The number of rotatable bonds is 4. The largest absolute Gasteiger partial charge is 0.325 e. The minimum Gasteiger partial charge on any atom is -0.323 e. The summed E-state index contributed by atoms with van der Waals surface area (Å²) in [5.41, 5.74) is -0.597. The maximum absolute atomic E-state index is 13.1. The molecule has 140 valence electrons. The Morgan fingerprint density at radius 3 is 2.48 bits per heavy atom. The van der Waals surface area contributed by atoms with Crippen molar-refractivity contribution in [3.05, 3.63) is 63.9 Å². The van der Waals surface area contributed by atoms with Gasteiger partial charge in [0.2, 0.25) is 5.91 Å². The van der Waals surface area contributed by atoms with Gasteiger partial charge in [-0.15, -0.1) is 0 Å². The molecule has 0 saturated carbocycles. The first-order chi connectivity index (χ1) is 12.7. The van der Waals surface area contributed by atoms with Gasteiger partial charge in [-0.3, -0.25) is 14.5 Å². The number of hydrogen-bond acceptors (Lipinski definition) is 3. The van der Waals surface area contributed by atoms with Gasteiger partial charge in [0.1, 0.15) is 17.9 Å². The Hall–Kier alpha value is -2.64. The number of nitrogens with one attached hydrogen (secondary N) is 2. The van der Waals surface area contributed by atoms with Gasteiger partial charge in [-0.2, -0.15) is 0 Å². The van der Waals surface area contributed by atoms with Crippen LogP contribution in [0.15, 0.2) is 42.5 Å². The third kappa shape index (κ3) is 3.74. The van der Waals surface area contributed by atoms with Gasteiger partial charge in [0.15, 0.2) is 0 Å². The van der Waals surface area contributed by atoms with Crippen LogP contribution in [0.2, 0.25) is 10.0 Å². The number of carbonyl (C=O) groups is 3. The number of hydrogen-bond donors (Lipinski definition) is 2. The lowest BCUT2D eigenvalue weighted by molar-refractivity contribution is -0.133. The number of nitrogens with zero attached hydrogens (tertiary/aromatic N) is 1. The summed E-state index contributed by atoms with van der Waals surface area (Å²) in [5, 5.41) is 5.54. The van der Waals surface area contributed by atoms with Gasteiger partial charge in [-0.25, -0.2) is 9.18 Å². The molecule has 0 aliphatic carbocycles. The van der Waals surface area contributed by atoms with Crippen molar-refractivity contribution in [2.45, 2.75) is 12.5 Å². The molecule has 2 aromatic rings. The fourth-order valence-electron chi connectivity index (χ4n) is 2.74. The first-order valence-corrected chi connectivity index (χ1v) is 8.61. The van der Waals surface area contributed by atoms with E-state index in [0.29, 0.717) is 10.6 Å². The van der Waals surface area contributed by atoms with E-state index >= 15 is 0 Å². The highest BCUT2D eigenvalue weighted by Crippen LogP contribution is 2.30. The Morgan fingerprint density at radius 1 is 1.19 bits per heavy atom. The van der Waals surface area contributed by atoms with E-state index in [4.69, 9.17) is 23.2 Å². The van der Waals surface area contributed by atoms with Crippen molar-refractivity contribution in [1.29, 1.82) is 0 Å². The van der Waals surface area contributed by atoms with Crippen LogP contribution in [0.1, 0.15) is 12.5 Å². The van der Waals surface area contributed by atoms with Crippen LogP contribution in [0.3, 0.4) is 0 Å². The lowest BCUT2D eigenvalue weighted by Crippen LogP contribution is -2.42. The summed E-state index contributed by atoms with van der Waals surface area (Å²) >= 11 is 11.7. The molecular formula is C18H14Cl2FN3O3. The lowest BCUT2D eigenvalue weighted by atomic mass is 9.92. The van der Waals surface area contributed by atoms with Crippen molar-refractivity contribution < 1.29 is 18.8 Å². The van der Waals surface area contributed by atoms with E-state index in [9.17, 15) is 18.8 Å². The molecule has 0 spiro atoms. The van der Waals surface area contributed by atoms with Crippen molar-refractivity contribution in [1.82, 2.24) is 10.2 Å². The summed E-state index contributed by atoms with van der Waals surface area (Å²) in [6.07, 6.45) is 0. The molecule has 1 aliphatic rings. The zero-order valence-corrected chi connectivity index (χ0v) is 15.6. The SMILES string of the molecule is CC1(c2ccc(Cl)cc2)NC(=O)N(CC(=O)Nc2ccc(F)cc2Cl)C1=O. The molecule has 1 atom stereocenters. The third-order valence-corrected chi connectivity index (χ3v) is 4.77. The molecule has 0 aromatic heterocycles. The van der Waals surface area contributed by atoms with E-state index in [-0.39, 0.29) is 10.7 Å². The Morgan fingerprint density at radius 2 is 1.85 bits per heavy atom. The number of urea groups is 1. The van der Waals surface area contributed by atoms with Crippen molar-refractivity contribution in [2.75, 3.05) is 11.9 Å². The second-order valence-electron chi connectivity index (χ2n) is 6.13. The highest BCUT2D eigenvalue weighted by atomic mass is 35.5. The van der Waals surface area contributed by atoms with Crippen LogP contribution < -0.4 is 10.6 Å². The van der Waals surface area contributed by atoms with Crippen LogP contribution in [0.5, 0.6) is 0 Å². The molecule has 1 fully saturated rings. The highest BCUT2D eigenvalue weighted by molar-refractivity contribution is 6.33. The Bertz CT molecular complexity index is 936. The van der Waals surface area contributed by atoms with Crippen LogP contribution in [0, 0.1) is 5.82 Å². The summed E-state index contributed by atoms with van der Waals surface area (Å²) in [5.74, 6) is -1.77. The van der Waals surface area contributed by atoms with Crippen molar-refractivity contribution >= 4 is 46.7 Å². The molecule has 1 saturated heterocycles. The standard InChI is InChI=1S/C18H14Cl2FN3O3/c1-18(10-2-4-11(19)5-3-10)16(26)24(17(27)23-18)9-15(25)22-14-7-6-12(21)8-13(14)20/h2-8H,9H2,1H3,(H,22,25)(H,23,27). The van der Waals surface area contributed by atoms with Crippen molar-refractivity contribution in [3.63, 3.8) is 0 Å². The molecule has 9 heteroatoms. The quantitative estimate of drug-likeness (QED) is 0.757. The number of imide groups is 1. The van der Waals surface area contributed by atoms with E-state index < -0.39 is 35.7 Å². The molecular weight excluding hydrogens is 396 g/mol. The van der Waals surface area contributed by atoms with Crippen LogP contribution in [0.4, 0.5) is 14.9 Å². The van der Waals surface area contributed by atoms with Gasteiger partial charge in [0.25, 0.3) is 5.91 Å². The summed E-state index contributed by atoms with van der Waals surface area (Å²) in [7, 11) is 0. The number of amides is 4. The fourth-order valence-corrected chi connectivity index (χ4v) is 3.08. The van der Waals surface area contributed by atoms with E-state index in [2.05, 4.69) is 10.6 Å². The first kappa shape index (κ1) is 19.1. The van der Waals surface area contributed by atoms with E-state index in [1.54, 1.807) is 31.2 Å². The van der Waals surface area contributed by atoms with Crippen molar-refractivity contribution in [2.24, 2.45) is 0 Å². The molecule has 1 aliphatic heterocycles. The van der Waals surface area contributed by atoms with Crippen LogP contribution in [0.25, 0.3) is 0 Å². The van der Waals surface area contributed by atoms with Crippen molar-refractivity contribution in [3.8, 4) is 0 Å². The molecule has 2 aromatic carbocycles. The maximum Gasteiger partial charge on any atom is 0.325 e. The fraction of sp³-hybridized carbons (Fsp3) is 0.167. The Kier molecular flexibility index (Phi) is 5.08. The first-order valence-electron chi connectivity index (χ1n) is 7.86. The minimum atomic E-state index is -1.31. The van der Waals surface area contributed by atoms with E-state index in [1.807, 2.05) is 0 Å². The smallest absolute Gasteiger partial charge is 0.323 e. The molecule has 3 rings (SSSR count). The average molecular weight is 410 g/mol. The predicted octanol–water partition coefficient (Wildman–Crippen LogP) is 3.54. The summed E-state index contributed by atoms with van der Waals surface area (Å²) in [4.78, 5) is 38.1. The average Bonchev–Trinajstić information content (AvgIpc) is 2.82. The normalized spacial score (nSPS) is 19.2. The van der Waals surface area contributed by atoms with Gasteiger partial charge in [0, 0.05) is 5.02 Å². The molecule has 0 bridgehead atoms. The molecule has 6 nitrogen and oxygen atoms in total.